The first kappa shape index (κ1) is 17.2. The number of hydrogen-bond donors (Lipinski definition) is 3. The average Bonchev–Trinajstić information content (AvgIpc) is 2.60. The van der Waals surface area contributed by atoms with Crippen LogP contribution in [-0.2, 0) is 9.53 Å². The maximum absolute atomic E-state index is 12.5. The van der Waals surface area contributed by atoms with Crippen molar-refractivity contribution < 1.29 is 14.3 Å². The highest BCUT2D eigenvalue weighted by molar-refractivity contribution is 5.98. The van der Waals surface area contributed by atoms with Crippen molar-refractivity contribution in [3.63, 3.8) is 0 Å². The van der Waals surface area contributed by atoms with E-state index in [0.29, 0.717) is 30.6 Å². The molecule has 6 heteroatoms. The van der Waals surface area contributed by atoms with E-state index in [4.69, 9.17) is 4.74 Å². The largest absolute Gasteiger partial charge is 0.368 e. The molecule has 1 aliphatic heterocycles. The minimum Gasteiger partial charge on any atom is -0.368 e. The summed E-state index contributed by atoms with van der Waals surface area (Å²) in [6, 6.07) is 6.78. The summed E-state index contributed by atoms with van der Waals surface area (Å²) in [7, 11) is 1.57. The van der Waals surface area contributed by atoms with Crippen molar-refractivity contribution in [3.8, 4) is 0 Å². The van der Waals surface area contributed by atoms with E-state index in [9.17, 15) is 9.59 Å². The normalized spacial score (nSPS) is 16.4. The molecule has 1 saturated heterocycles. The first-order valence-electron chi connectivity index (χ1n) is 7.68. The van der Waals surface area contributed by atoms with E-state index in [2.05, 4.69) is 22.5 Å². The highest BCUT2D eigenvalue weighted by Gasteiger charge is 2.39. The summed E-state index contributed by atoms with van der Waals surface area (Å²) < 4.78 is 5.49. The summed E-state index contributed by atoms with van der Waals surface area (Å²) in [4.78, 5) is 24.3. The molecule has 1 aliphatic rings. The van der Waals surface area contributed by atoms with E-state index in [0.717, 1.165) is 13.1 Å². The molecular weight excluding hydrogens is 294 g/mol. The Balaban J connectivity index is 2.01. The molecule has 2 amide bonds. The van der Waals surface area contributed by atoms with E-state index in [1.54, 1.807) is 37.5 Å². The molecule has 6 nitrogen and oxygen atoms in total. The molecule has 0 atom stereocenters. The zero-order valence-electron chi connectivity index (χ0n) is 13.4. The molecule has 0 aliphatic carbocycles. The lowest BCUT2D eigenvalue weighted by Crippen LogP contribution is -2.51. The Morgan fingerprint density at radius 3 is 2.52 bits per heavy atom. The number of rotatable bonds is 6. The summed E-state index contributed by atoms with van der Waals surface area (Å²) in [5, 5.41) is 8.80. The minimum atomic E-state index is -0.786. The first-order valence-corrected chi connectivity index (χ1v) is 7.68. The molecule has 0 saturated carbocycles. The molecule has 1 fully saturated rings. The fourth-order valence-corrected chi connectivity index (χ4v) is 2.57. The maximum Gasteiger partial charge on any atom is 0.256 e. The van der Waals surface area contributed by atoms with Crippen LogP contribution in [0.4, 0.5) is 5.69 Å². The highest BCUT2D eigenvalue weighted by Crippen LogP contribution is 2.24. The Morgan fingerprint density at radius 2 is 1.96 bits per heavy atom. The summed E-state index contributed by atoms with van der Waals surface area (Å²) in [5.74, 6) is -0.320. The van der Waals surface area contributed by atoms with Crippen LogP contribution in [0, 0.1) is 0 Å². The molecule has 1 heterocycles. The molecular formula is C17H23N3O3. The number of carbonyl (C=O) groups is 2. The standard InChI is InChI=1S/C17H23N3O3/c1-3-10-19-15(21)13-4-6-14(7-5-13)20-16(22)17(23-2)8-11-18-12-9-17/h3-7,18H,1,8-12H2,2H3,(H,19,21)(H,20,22). The van der Waals surface area contributed by atoms with E-state index in [1.165, 1.54) is 0 Å². The van der Waals surface area contributed by atoms with Gasteiger partial charge in [-0.15, -0.1) is 6.58 Å². The minimum absolute atomic E-state index is 0.148. The van der Waals surface area contributed by atoms with Crippen LogP contribution >= 0.6 is 0 Å². The zero-order chi connectivity index (χ0) is 16.7. The number of carbonyl (C=O) groups excluding carboxylic acids is 2. The number of ether oxygens (including phenoxy) is 1. The van der Waals surface area contributed by atoms with Gasteiger partial charge in [-0.25, -0.2) is 0 Å². The van der Waals surface area contributed by atoms with Crippen molar-refractivity contribution >= 4 is 17.5 Å². The second-order valence-electron chi connectivity index (χ2n) is 5.48. The van der Waals surface area contributed by atoms with Gasteiger partial charge in [0.2, 0.25) is 0 Å². The number of piperidine rings is 1. The highest BCUT2D eigenvalue weighted by atomic mass is 16.5. The number of nitrogens with one attached hydrogen (secondary N) is 3. The number of benzene rings is 1. The maximum atomic E-state index is 12.5. The second-order valence-corrected chi connectivity index (χ2v) is 5.48. The molecule has 0 aromatic heterocycles. The molecule has 0 radical (unpaired) electrons. The van der Waals surface area contributed by atoms with Crippen molar-refractivity contribution in [2.75, 3.05) is 32.1 Å². The lowest BCUT2D eigenvalue weighted by molar-refractivity contribution is -0.140. The third-order valence-electron chi connectivity index (χ3n) is 4.03. The topological polar surface area (TPSA) is 79.5 Å². The van der Waals surface area contributed by atoms with E-state index >= 15 is 0 Å². The fourth-order valence-electron chi connectivity index (χ4n) is 2.57. The number of hydrogen-bond acceptors (Lipinski definition) is 4. The van der Waals surface area contributed by atoms with Crippen molar-refractivity contribution in [1.29, 1.82) is 0 Å². The van der Waals surface area contributed by atoms with Gasteiger partial charge < -0.3 is 20.7 Å². The SMILES string of the molecule is C=CCNC(=O)c1ccc(NC(=O)C2(OC)CCNCC2)cc1. The van der Waals surface area contributed by atoms with Crippen LogP contribution in [0.2, 0.25) is 0 Å². The van der Waals surface area contributed by atoms with Gasteiger partial charge in [-0.05, 0) is 50.2 Å². The first-order chi connectivity index (χ1) is 11.1. The van der Waals surface area contributed by atoms with Gasteiger partial charge in [-0.3, -0.25) is 9.59 Å². The number of amides is 2. The Bertz CT molecular complexity index is 563. The third-order valence-corrected chi connectivity index (χ3v) is 4.03. The molecule has 0 bridgehead atoms. The van der Waals surface area contributed by atoms with Gasteiger partial charge in [0.05, 0.1) is 0 Å². The average molecular weight is 317 g/mol. The lowest BCUT2D eigenvalue weighted by Gasteiger charge is -2.34. The quantitative estimate of drug-likeness (QED) is 0.691. The van der Waals surface area contributed by atoms with E-state index in [1.807, 2.05) is 0 Å². The molecule has 0 unspecified atom stereocenters. The summed E-state index contributed by atoms with van der Waals surface area (Å²) in [6.45, 7) is 5.48. The summed E-state index contributed by atoms with van der Waals surface area (Å²) in [6.07, 6.45) is 2.89. The Hall–Kier alpha value is -2.18. The van der Waals surface area contributed by atoms with E-state index < -0.39 is 5.60 Å². The van der Waals surface area contributed by atoms with Gasteiger partial charge >= 0.3 is 0 Å². The predicted octanol–water partition coefficient (Wildman–Crippen LogP) is 1.31. The van der Waals surface area contributed by atoms with Gasteiger partial charge in [0.1, 0.15) is 5.60 Å². The Morgan fingerprint density at radius 1 is 1.30 bits per heavy atom. The van der Waals surface area contributed by atoms with Crippen LogP contribution < -0.4 is 16.0 Å². The number of anilines is 1. The predicted molar refractivity (Wildman–Crippen MR) is 89.4 cm³/mol. The van der Waals surface area contributed by atoms with Crippen LogP contribution in [-0.4, -0.2) is 44.2 Å². The number of methoxy groups -OCH3 is 1. The Labute approximate surface area is 136 Å². The zero-order valence-corrected chi connectivity index (χ0v) is 13.4. The monoisotopic (exact) mass is 317 g/mol. The summed E-state index contributed by atoms with van der Waals surface area (Å²) >= 11 is 0. The molecule has 1 aromatic rings. The smallest absolute Gasteiger partial charge is 0.256 e. The third kappa shape index (κ3) is 4.18. The van der Waals surface area contributed by atoms with E-state index in [-0.39, 0.29) is 11.8 Å². The van der Waals surface area contributed by atoms with Crippen LogP contribution in [0.3, 0.4) is 0 Å². The van der Waals surface area contributed by atoms with Crippen molar-refractivity contribution in [3.05, 3.63) is 42.5 Å². The van der Waals surface area contributed by atoms with Crippen molar-refractivity contribution in [1.82, 2.24) is 10.6 Å². The van der Waals surface area contributed by atoms with Gasteiger partial charge in [0.15, 0.2) is 0 Å². The molecule has 2 rings (SSSR count). The van der Waals surface area contributed by atoms with Crippen molar-refractivity contribution in [2.24, 2.45) is 0 Å². The molecule has 1 aromatic carbocycles. The van der Waals surface area contributed by atoms with Gasteiger partial charge in [0, 0.05) is 24.9 Å². The van der Waals surface area contributed by atoms with Gasteiger partial charge in [0.25, 0.3) is 11.8 Å². The molecule has 124 valence electrons. The summed E-state index contributed by atoms with van der Waals surface area (Å²) in [5.41, 5.74) is 0.393. The van der Waals surface area contributed by atoms with Crippen LogP contribution in [0.25, 0.3) is 0 Å². The van der Waals surface area contributed by atoms with Crippen LogP contribution in [0.15, 0.2) is 36.9 Å². The molecule has 23 heavy (non-hydrogen) atoms. The van der Waals surface area contributed by atoms with Gasteiger partial charge in [-0.1, -0.05) is 6.08 Å². The molecule has 0 spiro atoms. The fraction of sp³-hybridized carbons (Fsp3) is 0.412. The second kappa shape index (κ2) is 7.89. The van der Waals surface area contributed by atoms with Crippen molar-refractivity contribution in [2.45, 2.75) is 18.4 Å². The molecule has 3 N–H and O–H groups in total. The van der Waals surface area contributed by atoms with Gasteiger partial charge in [-0.2, -0.15) is 0 Å². The van der Waals surface area contributed by atoms with Crippen LogP contribution in [0.5, 0.6) is 0 Å². The van der Waals surface area contributed by atoms with Crippen LogP contribution in [0.1, 0.15) is 23.2 Å². The lowest BCUT2D eigenvalue weighted by atomic mass is 9.91. The Kier molecular flexibility index (Phi) is 5.90.